The minimum absolute atomic E-state index is 0.108. The topological polar surface area (TPSA) is 101 Å². The third kappa shape index (κ3) is 4.40. The molecule has 5 rings (SSSR count). The third-order valence-corrected chi connectivity index (χ3v) is 5.30. The van der Waals surface area contributed by atoms with E-state index in [9.17, 15) is 9.18 Å². The van der Waals surface area contributed by atoms with Gasteiger partial charge in [0, 0.05) is 29.5 Å². The summed E-state index contributed by atoms with van der Waals surface area (Å²) in [6, 6.07) is 13.3. The summed E-state index contributed by atoms with van der Waals surface area (Å²) in [4.78, 5) is 21.7. The van der Waals surface area contributed by atoms with Crippen molar-refractivity contribution in [3.05, 3.63) is 79.0 Å². The number of aromatic amines is 1. The number of rotatable bonds is 6. The lowest BCUT2D eigenvalue weighted by molar-refractivity contribution is 0.102. The molecule has 0 aliphatic heterocycles. The van der Waals surface area contributed by atoms with Crippen LogP contribution in [0.4, 0.5) is 10.1 Å². The number of hydrogen-bond acceptors (Lipinski definition) is 5. The van der Waals surface area contributed by atoms with Crippen LogP contribution in [0.3, 0.4) is 0 Å². The van der Waals surface area contributed by atoms with Crippen molar-refractivity contribution in [2.45, 2.75) is 26.1 Å². The van der Waals surface area contributed by atoms with Gasteiger partial charge in [-0.1, -0.05) is 30.3 Å². The first-order chi connectivity index (χ1) is 16.4. The molecule has 1 aromatic carbocycles. The van der Waals surface area contributed by atoms with E-state index >= 15 is 0 Å². The highest BCUT2D eigenvalue weighted by molar-refractivity contribution is 6.06. The minimum Gasteiger partial charge on any atom is -0.319 e. The number of nitrogens with one attached hydrogen (secondary N) is 2. The highest BCUT2D eigenvalue weighted by atomic mass is 19.1. The molecule has 0 aliphatic carbocycles. The second-order valence-electron chi connectivity index (χ2n) is 8.59. The van der Waals surface area contributed by atoms with Crippen LogP contribution in [-0.4, -0.2) is 41.5 Å². The molecule has 8 nitrogen and oxygen atoms in total. The number of hydrogen-bond donors (Lipinski definition) is 2. The number of anilines is 1. The monoisotopic (exact) mass is 455 g/mol. The molecule has 9 heteroatoms. The van der Waals surface area contributed by atoms with Crippen LogP contribution < -0.4 is 5.32 Å². The normalized spacial score (nSPS) is 11.6. The number of carbonyl (C=O) groups is 1. The highest BCUT2D eigenvalue weighted by Crippen LogP contribution is 2.28. The summed E-state index contributed by atoms with van der Waals surface area (Å²) in [5.41, 5.74) is 3.11. The third-order valence-electron chi connectivity index (χ3n) is 5.30. The maximum absolute atomic E-state index is 14.2. The lowest BCUT2D eigenvalue weighted by atomic mass is 10.1. The molecule has 4 heterocycles. The molecule has 0 aliphatic rings. The van der Waals surface area contributed by atoms with Gasteiger partial charge in [0.05, 0.1) is 41.4 Å². The molecule has 0 saturated carbocycles. The number of carbonyl (C=O) groups excluding carboxylic acids is 1. The summed E-state index contributed by atoms with van der Waals surface area (Å²) in [6.45, 7) is 3.12. The van der Waals surface area contributed by atoms with Crippen molar-refractivity contribution in [1.82, 2.24) is 29.9 Å². The van der Waals surface area contributed by atoms with Crippen LogP contribution in [-0.2, 0) is 6.54 Å². The van der Waals surface area contributed by atoms with Crippen molar-refractivity contribution in [1.29, 1.82) is 0 Å². The molecule has 0 unspecified atom stereocenters. The van der Waals surface area contributed by atoms with Crippen LogP contribution >= 0.6 is 0 Å². The molecule has 0 radical (unpaired) electrons. The minimum atomic E-state index is -1.42. The van der Waals surface area contributed by atoms with Gasteiger partial charge in [-0.2, -0.15) is 10.2 Å². The van der Waals surface area contributed by atoms with Gasteiger partial charge in [-0.05, 0) is 31.5 Å². The zero-order valence-corrected chi connectivity index (χ0v) is 18.7. The number of nitrogens with zero attached hydrogens (tertiary/aromatic N) is 5. The number of pyridine rings is 2. The number of aromatic nitrogens is 6. The van der Waals surface area contributed by atoms with Gasteiger partial charge in [-0.15, -0.1) is 0 Å². The van der Waals surface area contributed by atoms with Crippen molar-refractivity contribution >= 4 is 22.5 Å². The van der Waals surface area contributed by atoms with Crippen LogP contribution in [0.2, 0.25) is 0 Å². The lowest BCUT2D eigenvalue weighted by Crippen LogP contribution is -2.21. The first-order valence-corrected chi connectivity index (χ1v) is 10.7. The SMILES string of the molecule is CC(C)(F)Cn1ncc2cnc(-c3[nH]ncc3NC(=O)c3cncc(-c4ccccc4)c3)cc21. The van der Waals surface area contributed by atoms with Crippen LogP contribution in [0, 0.1) is 0 Å². The number of H-pyrrole nitrogens is 1. The second-order valence-corrected chi connectivity index (χ2v) is 8.59. The van der Waals surface area contributed by atoms with E-state index in [1.165, 1.54) is 26.2 Å². The Morgan fingerprint density at radius 1 is 1.06 bits per heavy atom. The molecule has 0 spiro atoms. The molecule has 0 bridgehead atoms. The van der Waals surface area contributed by atoms with Gasteiger partial charge in [0.15, 0.2) is 0 Å². The molecule has 0 saturated heterocycles. The Balaban J connectivity index is 1.43. The Kier molecular flexibility index (Phi) is 5.37. The second kappa shape index (κ2) is 8.51. The molecule has 170 valence electrons. The fourth-order valence-electron chi connectivity index (χ4n) is 3.71. The number of benzene rings is 1. The van der Waals surface area contributed by atoms with E-state index in [0.717, 1.165) is 22.0 Å². The van der Waals surface area contributed by atoms with Crippen molar-refractivity contribution < 1.29 is 9.18 Å². The van der Waals surface area contributed by atoms with E-state index in [-0.39, 0.29) is 12.5 Å². The Labute approximate surface area is 194 Å². The number of amides is 1. The predicted octanol–water partition coefficient (Wildman–Crippen LogP) is 4.88. The number of fused-ring (bicyclic) bond motifs is 1. The van der Waals surface area contributed by atoms with E-state index in [4.69, 9.17) is 0 Å². The van der Waals surface area contributed by atoms with Gasteiger partial charge in [-0.25, -0.2) is 4.39 Å². The van der Waals surface area contributed by atoms with Crippen molar-refractivity contribution in [3.63, 3.8) is 0 Å². The van der Waals surface area contributed by atoms with E-state index in [0.29, 0.717) is 22.6 Å². The highest BCUT2D eigenvalue weighted by Gasteiger charge is 2.20. The molecular formula is C25H22FN7O. The number of halogens is 1. The van der Waals surface area contributed by atoms with Gasteiger partial charge in [-0.3, -0.25) is 24.5 Å². The molecule has 0 fully saturated rings. The molecule has 34 heavy (non-hydrogen) atoms. The van der Waals surface area contributed by atoms with E-state index < -0.39 is 5.67 Å². The molecule has 1 amide bonds. The summed E-state index contributed by atoms with van der Waals surface area (Å²) in [5.74, 6) is -0.321. The summed E-state index contributed by atoms with van der Waals surface area (Å²) >= 11 is 0. The maximum atomic E-state index is 14.2. The average molecular weight is 455 g/mol. The van der Waals surface area contributed by atoms with Crippen LogP contribution in [0.5, 0.6) is 0 Å². The zero-order valence-electron chi connectivity index (χ0n) is 18.7. The molecular weight excluding hydrogens is 433 g/mol. The van der Waals surface area contributed by atoms with Crippen molar-refractivity contribution in [3.8, 4) is 22.5 Å². The summed E-state index contributed by atoms with van der Waals surface area (Å²) in [5, 5.41) is 14.9. The largest absolute Gasteiger partial charge is 0.319 e. The molecule has 2 N–H and O–H groups in total. The fourth-order valence-corrected chi connectivity index (χ4v) is 3.71. The summed E-state index contributed by atoms with van der Waals surface area (Å²) < 4.78 is 15.8. The first kappa shape index (κ1) is 21.4. The quantitative estimate of drug-likeness (QED) is 0.380. The van der Waals surface area contributed by atoms with Gasteiger partial charge < -0.3 is 5.32 Å². The van der Waals surface area contributed by atoms with Crippen LogP contribution in [0.25, 0.3) is 33.4 Å². The Bertz CT molecular complexity index is 1470. The number of alkyl halides is 1. The predicted molar refractivity (Wildman–Crippen MR) is 128 cm³/mol. The Morgan fingerprint density at radius 2 is 1.88 bits per heavy atom. The Morgan fingerprint density at radius 3 is 2.68 bits per heavy atom. The Hall–Kier alpha value is -4.40. The zero-order chi connectivity index (χ0) is 23.7. The van der Waals surface area contributed by atoms with E-state index in [2.05, 4.69) is 30.6 Å². The van der Waals surface area contributed by atoms with E-state index in [1.807, 2.05) is 30.3 Å². The molecule has 5 aromatic rings. The first-order valence-electron chi connectivity index (χ1n) is 10.7. The summed E-state index contributed by atoms with van der Waals surface area (Å²) in [6.07, 6.45) is 8.08. The van der Waals surface area contributed by atoms with E-state index in [1.54, 1.807) is 35.4 Å². The van der Waals surface area contributed by atoms with Gasteiger partial charge >= 0.3 is 0 Å². The average Bonchev–Trinajstić information content (AvgIpc) is 3.45. The van der Waals surface area contributed by atoms with Crippen LogP contribution in [0.15, 0.2) is 73.4 Å². The van der Waals surface area contributed by atoms with Gasteiger partial charge in [0.2, 0.25) is 0 Å². The summed E-state index contributed by atoms with van der Waals surface area (Å²) in [7, 11) is 0. The van der Waals surface area contributed by atoms with Gasteiger partial charge in [0.1, 0.15) is 11.4 Å². The van der Waals surface area contributed by atoms with Gasteiger partial charge in [0.25, 0.3) is 5.91 Å². The standard InChI is InChI=1S/C25H22FN7O/c1-25(2,26)15-33-22-9-20(28-12-19(22)13-30-33)23-21(14-29-32-23)31-24(34)18-8-17(10-27-11-18)16-6-4-3-5-7-16/h3-14H,15H2,1-2H3,(H,29,32)(H,31,34). The fraction of sp³-hybridized carbons (Fsp3) is 0.160. The smallest absolute Gasteiger partial charge is 0.257 e. The van der Waals surface area contributed by atoms with Crippen LogP contribution in [0.1, 0.15) is 24.2 Å². The molecule has 4 aromatic heterocycles. The van der Waals surface area contributed by atoms with Crippen molar-refractivity contribution in [2.24, 2.45) is 0 Å². The van der Waals surface area contributed by atoms with Crippen molar-refractivity contribution in [2.75, 3.05) is 5.32 Å². The molecule has 0 atom stereocenters. The lowest BCUT2D eigenvalue weighted by Gasteiger charge is -2.14. The maximum Gasteiger partial charge on any atom is 0.257 e.